The number of hydrogen-bond acceptors (Lipinski definition) is 4. The number of nitrogens with one attached hydrogen (secondary N) is 1. The number of nitrogens with two attached hydrogens (primary N) is 1. The summed E-state index contributed by atoms with van der Waals surface area (Å²) in [5.74, 6) is 0.531. The van der Waals surface area contributed by atoms with E-state index in [-0.39, 0.29) is 11.9 Å². The monoisotopic (exact) mass is 285 g/mol. The SMILES string of the molecule is NC(=O)c1cccc(CN2CCCC[C@@H]2c2ncn[nH]2)c1. The van der Waals surface area contributed by atoms with Crippen molar-refractivity contribution >= 4 is 5.91 Å². The van der Waals surface area contributed by atoms with Gasteiger partial charge in [0.15, 0.2) is 0 Å². The van der Waals surface area contributed by atoms with Crippen molar-refractivity contribution in [2.24, 2.45) is 5.73 Å². The molecule has 1 aromatic carbocycles. The van der Waals surface area contributed by atoms with Crippen LogP contribution in [-0.2, 0) is 6.54 Å². The van der Waals surface area contributed by atoms with Gasteiger partial charge in [-0.15, -0.1) is 0 Å². The van der Waals surface area contributed by atoms with Gasteiger partial charge in [-0.3, -0.25) is 14.8 Å². The normalized spacial score (nSPS) is 19.5. The predicted octanol–water partition coefficient (Wildman–Crippen LogP) is 1.63. The van der Waals surface area contributed by atoms with E-state index in [9.17, 15) is 4.79 Å². The molecule has 3 rings (SSSR count). The van der Waals surface area contributed by atoms with Crippen molar-refractivity contribution in [1.29, 1.82) is 0 Å². The minimum atomic E-state index is -0.387. The van der Waals surface area contributed by atoms with Crippen molar-refractivity contribution in [2.45, 2.75) is 31.8 Å². The molecule has 6 heteroatoms. The van der Waals surface area contributed by atoms with Gasteiger partial charge in [-0.2, -0.15) is 5.10 Å². The van der Waals surface area contributed by atoms with Crippen LogP contribution in [0.25, 0.3) is 0 Å². The predicted molar refractivity (Wildman–Crippen MR) is 78.3 cm³/mol. The molecular formula is C15H19N5O. The van der Waals surface area contributed by atoms with Crippen LogP contribution in [0.1, 0.15) is 47.1 Å². The zero-order valence-electron chi connectivity index (χ0n) is 11.8. The molecule has 0 spiro atoms. The average Bonchev–Trinajstić information content (AvgIpc) is 3.02. The van der Waals surface area contributed by atoms with Crippen molar-refractivity contribution in [3.8, 4) is 0 Å². The van der Waals surface area contributed by atoms with E-state index in [4.69, 9.17) is 5.73 Å². The molecule has 0 radical (unpaired) electrons. The number of carbonyl (C=O) groups is 1. The van der Waals surface area contributed by atoms with Gasteiger partial charge in [-0.25, -0.2) is 4.98 Å². The van der Waals surface area contributed by atoms with Crippen molar-refractivity contribution in [3.05, 3.63) is 47.5 Å². The van der Waals surface area contributed by atoms with E-state index in [2.05, 4.69) is 20.1 Å². The molecule has 1 atom stereocenters. The lowest BCUT2D eigenvalue weighted by molar-refractivity contribution is 0.0999. The molecule has 0 unspecified atom stereocenters. The Kier molecular flexibility index (Phi) is 3.96. The first kappa shape index (κ1) is 13.8. The number of H-pyrrole nitrogens is 1. The zero-order valence-corrected chi connectivity index (χ0v) is 11.8. The Morgan fingerprint density at radius 1 is 1.43 bits per heavy atom. The summed E-state index contributed by atoms with van der Waals surface area (Å²) in [6.45, 7) is 1.80. The van der Waals surface area contributed by atoms with Gasteiger partial charge in [0.05, 0.1) is 6.04 Å². The van der Waals surface area contributed by atoms with Gasteiger partial charge >= 0.3 is 0 Å². The lowest BCUT2D eigenvalue weighted by atomic mass is 10.00. The largest absolute Gasteiger partial charge is 0.366 e. The molecule has 0 aliphatic carbocycles. The summed E-state index contributed by atoms with van der Waals surface area (Å²) < 4.78 is 0. The maximum absolute atomic E-state index is 11.3. The second kappa shape index (κ2) is 6.05. The van der Waals surface area contributed by atoms with Crippen molar-refractivity contribution in [2.75, 3.05) is 6.54 Å². The maximum atomic E-state index is 11.3. The first-order valence-electron chi connectivity index (χ1n) is 7.22. The molecule has 1 fully saturated rings. The van der Waals surface area contributed by atoms with Crippen LogP contribution in [0.2, 0.25) is 0 Å². The number of primary amides is 1. The average molecular weight is 285 g/mol. The molecule has 1 aromatic heterocycles. The summed E-state index contributed by atoms with van der Waals surface area (Å²) >= 11 is 0. The summed E-state index contributed by atoms with van der Waals surface area (Å²) in [5, 5.41) is 6.93. The van der Waals surface area contributed by atoms with E-state index in [0.29, 0.717) is 5.56 Å². The first-order chi connectivity index (χ1) is 10.2. The van der Waals surface area contributed by atoms with Gasteiger partial charge in [0.1, 0.15) is 12.2 Å². The fourth-order valence-corrected chi connectivity index (χ4v) is 2.92. The van der Waals surface area contributed by atoms with Gasteiger partial charge in [0.2, 0.25) is 5.91 Å². The van der Waals surface area contributed by atoms with Gasteiger partial charge in [0, 0.05) is 12.1 Å². The Hall–Kier alpha value is -2.21. The number of amides is 1. The highest BCUT2D eigenvalue weighted by Gasteiger charge is 2.26. The number of aromatic amines is 1. The lowest BCUT2D eigenvalue weighted by Crippen LogP contribution is -2.33. The van der Waals surface area contributed by atoms with Crippen LogP contribution in [0.4, 0.5) is 0 Å². The summed E-state index contributed by atoms with van der Waals surface area (Å²) in [5.41, 5.74) is 7.00. The Morgan fingerprint density at radius 3 is 3.10 bits per heavy atom. The number of likely N-dealkylation sites (tertiary alicyclic amines) is 1. The topological polar surface area (TPSA) is 87.9 Å². The fraction of sp³-hybridized carbons (Fsp3) is 0.400. The summed E-state index contributed by atoms with van der Waals surface area (Å²) in [4.78, 5) is 18.0. The van der Waals surface area contributed by atoms with E-state index in [1.54, 1.807) is 12.4 Å². The fourth-order valence-electron chi connectivity index (χ4n) is 2.92. The molecule has 2 aromatic rings. The maximum Gasteiger partial charge on any atom is 0.248 e. The second-order valence-corrected chi connectivity index (χ2v) is 5.42. The molecule has 1 aliphatic rings. The van der Waals surface area contributed by atoms with Crippen LogP contribution < -0.4 is 5.73 Å². The van der Waals surface area contributed by atoms with Crippen LogP contribution in [0.3, 0.4) is 0 Å². The van der Waals surface area contributed by atoms with Crippen LogP contribution in [0.5, 0.6) is 0 Å². The zero-order chi connectivity index (χ0) is 14.7. The number of piperidine rings is 1. The molecule has 0 bridgehead atoms. The number of carbonyl (C=O) groups excluding carboxylic acids is 1. The molecule has 0 saturated carbocycles. The van der Waals surface area contributed by atoms with Crippen molar-refractivity contribution < 1.29 is 4.79 Å². The molecule has 3 N–H and O–H groups in total. The summed E-state index contributed by atoms with van der Waals surface area (Å²) in [7, 11) is 0. The Balaban J connectivity index is 1.78. The molecule has 2 heterocycles. The minimum Gasteiger partial charge on any atom is -0.366 e. The number of rotatable bonds is 4. The molecule has 1 aliphatic heterocycles. The Bertz CT molecular complexity index is 610. The quantitative estimate of drug-likeness (QED) is 0.893. The van der Waals surface area contributed by atoms with E-state index in [1.807, 2.05) is 18.2 Å². The third-order valence-electron chi connectivity index (χ3n) is 3.96. The first-order valence-corrected chi connectivity index (χ1v) is 7.22. The van der Waals surface area contributed by atoms with Crippen LogP contribution in [0, 0.1) is 0 Å². The molecule has 110 valence electrons. The molecule has 1 amide bonds. The third-order valence-corrected chi connectivity index (χ3v) is 3.96. The number of nitrogens with zero attached hydrogens (tertiary/aromatic N) is 3. The molecule has 21 heavy (non-hydrogen) atoms. The Morgan fingerprint density at radius 2 is 2.33 bits per heavy atom. The molecular weight excluding hydrogens is 266 g/mol. The van der Waals surface area contributed by atoms with Crippen LogP contribution in [0.15, 0.2) is 30.6 Å². The smallest absolute Gasteiger partial charge is 0.248 e. The second-order valence-electron chi connectivity index (χ2n) is 5.42. The minimum absolute atomic E-state index is 0.262. The van der Waals surface area contributed by atoms with E-state index in [1.165, 1.54) is 12.8 Å². The Labute approximate surface area is 123 Å². The summed E-state index contributed by atoms with van der Waals surface area (Å²) in [6.07, 6.45) is 5.00. The van der Waals surface area contributed by atoms with Crippen LogP contribution in [-0.4, -0.2) is 32.5 Å². The molecule has 1 saturated heterocycles. The van der Waals surface area contributed by atoms with Crippen molar-refractivity contribution in [1.82, 2.24) is 20.1 Å². The van der Waals surface area contributed by atoms with E-state index in [0.717, 1.165) is 30.9 Å². The third kappa shape index (κ3) is 3.11. The highest BCUT2D eigenvalue weighted by Crippen LogP contribution is 2.29. The van der Waals surface area contributed by atoms with Gasteiger partial charge in [0.25, 0.3) is 0 Å². The molecule has 6 nitrogen and oxygen atoms in total. The summed E-state index contributed by atoms with van der Waals surface area (Å²) in [6, 6.07) is 7.78. The van der Waals surface area contributed by atoms with E-state index < -0.39 is 0 Å². The van der Waals surface area contributed by atoms with Crippen LogP contribution >= 0.6 is 0 Å². The van der Waals surface area contributed by atoms with Gasteiger partial charge in [-0.1, -0.05) is 18.6 Å². The van der Waals surface area contributed by atoms with Gasteiger partial charge in [-0.05, 0) is 37.1 Å². The van der Waals surface area contributed by atoms with Gasteiger partial charge < -0.3 is 5.73 Å². The number of aromatic nitrogens is 3. The number of hydrogen-bond donors (Lipinski definition) is 2. The lowest BCUT2D eigenvalue weighted by Gasteiger charge is -2.34. The standard InChI is InChI=1S/C15H19N5O/c16-14(21)12-5-3-4-11(8-12)9-20-7-2-1-6-13(20)15-17-10-18-19-15/h3-5,8,10,13H,1-2,6-7,9H2,(H2,16,21)(H,17,18,19)/t13-/m1/s1. The number of benzene rings is 1. The highest BCUT2D eigenvalue weighted by molar-refractivity contribution is 5.92. The van der Waals surface area contributed by atoms with E-state index >= 15 is 0 Å². The van der Waals surface area contributed by atoms with Crippen molar-refractivity contribution in [3.63, 3.8) is 0 Å². The highest BCUT2D eigenvalue weighted by atomic mass is 16.1.